The van der Waals surface area contributed by atoms with E-state index in [0.29, 0.717) is 18.7 Å². The molecule has 0 spiro atoms. The molecule has 0 fully saturated rings. The molecule has 2 aromatic rings. The molecular weight excluding hydrogens is 219 g/mol. The van der Waals surface area contributed by atoms with Crippen LogP contribution in [0.5, 0.6) is 0 Å². The second kappa shape index (κ2) is 5.21. The summed E-state index contributed by atoms with van der Waals surface area (Å²) in [5.41, 5.74) is 0.545. The standard InChI is InChI=1S/C12H11FN4/c1-2-10-12(13)11(16-8-15-10)4-3-6-17-7-5-14-9-17/h5,7-9H,2,6H2,1H3. The van der Waals surface area contributed by atoms with Crippen molar-refractivity contribution in [2.24, 2.45) is 0 Å². The largest absolute Gasteiger partial charge is 0.326 e. The quantitative estimate of drug-likeness (QED) is 0.733. The molecule has 0 saturated heterocycles. The second-order valence-corrected chi connectivity index (χ2v) is 3.37. The highest BCUT2D eigenvalue weighted by molar-refractivity contribution is 5.29. The zero-order valence-corrected chi connectivity index (χ0v) is 9.39. The highest BCUT2D eigenvalue weighted by Crippen LogP contribution is 2.06. The lowest BCUT2D eigenvalue weighted by molar-refractivity contribution is 0.589. The zero-order valence-electron chi connectivity index (χ0n) is 9.39. The summed E-state index contributed by atoms with van der Waals surface area (Å²) in [5, 5.41) is 0. The molecule has 4 nitrogen and oxygen atoms in total. The van der Waals surface area contributed by atoms with Gasteiger partial charge in [0.25, 0.3) is 0 Å². The van der Waals surface area contributed by atoms with E-state index in [9.17, 15) is 4.39 Å². The number of halogens is 1. The van der Waals surface area contributed by atoms with E-state index >= 15 is 0 Å². The summed E-state index contributed by atoms with van der Waals surface area (Å²) < 4.78 is 15.5. The van der Waals surface area contributed by atoms with Crippen LogP contribution < -0.4 is 0 Å². The van der Waals surface area contributed by atoms with E-state index < -0.39 is 5.82 Å². The van der Waals surface area contributed by atoms with Gasteiger partial charge in [-0.2, -0.15) is 0 Å². The van der Waals surface area contributed by atoms with Crippen LogP contribution in [0.2, 0.25) is 0 Å². The lowest BCUT2D eigenvalue weighted by atomic mass is 10.2. The summed E-state index contributed by atoms with van der Waals surface area (Å²) >= 11 is 0. The molecule has 0 aliphatic rings. The highest BCUT2D eigenvalue weighted by atomic mass is 19.1. The van der Waals surface area contributed by atoms with E-state index in [1.807, 2.05) is 6.92 Å². The summed E-state index contributed by atoms with van der Waals surface area (Å²) in [6, 6.07) is 0. The van der Waals surface area contributed by atoms with E-state index in [0.717, 1.165) is 0 Å². The van der Waals surface area contributed by atoms with E-state index in [1.165, 1.54) is 6.33 Å². The van der Waals surface area contributed by atoms with Gasteiger partial charge in [-0.15, -0.1) is 0 Å². The molecule has 2 heterocycles. The van der Waals surface area contributed by atoms with Gasteiger partial charge in [0.15, 0.2) is 11.5 Å². The Bertz CT molecular complexity index is 552. The van der Waals surface area contributed by atoms with Gasteiger partial charge in [-0.25, -0.2) is 19.3 Å². The zero-order chi connectivity index (χ0) is 12.1. The molecule has 5 heteroatoms. The van der Waals surface area contributed by atoms with Crippen molar-refractivity contribution in [3.05, 3.63) is 42.3 Å². The fourth-order valence-corrected chi connectivity index (χ4v) is 1.33. The Morgan fingerprint density at radius 3 is 3.00 bits per heavy atom. The van der Waals surface area contributed by atoms with Gasteiger partial charge in [0.1, 0.15) is 6.33 Å². The molecule has 0 atom stereocenters. The molecule has 2 rings (SSSR count). The third-order valence-corrected chi connectivity index (χ3v) is 2.22. The minimum absolute atomic E-state index is 0.150. The van der Waals surface area contributed by atoms with Gasteiger partial charge >= 0.3 is 0 Å². The molecule has 0 bridgehead atoms. The molecule has 0 unspecified atom stereocenters. The lowest BCUT2D eigenvalue weighted by Crippen LogP contribution is -1.99. The van der Waals surface area contributed by atoms with Crippen molar-refractivity contribution >= 4 is 0 Å². The first-order valence-corrected chi connectivity index (χ1v) is 5.25. The maximum Gasteiger partial charge on any atom is 0.178 e. The van der Waals surface area contributed by atoms with Crippen LogP contribution in [0.3, 0.4) is 0 Å². The maximum absolute atomic E-state index is 13.7. The van der Waals surface area contributed by atoms with Crippen LogP contribution in [0, 0.1) is 17.7 Å². The number of aromatic nitrogens is 4. The molecule has 17 heavy (non-hydrogen) atoms. The van der Waals surface area contributed by atoms with Gasteiger partial charge in [-0.1, -0.05) is 12.8 Å². The third-order valence-electron chi connectivity index (χ3n) is 2.22. The van der Waals surface area contributed by atoms with Crippen LogP contribution in [0.4, 0.5) is 4.39 Å². The number of imidazole rings is 1. The van der Waals surface area contributed by atoms with Gasteiger partial charge < -0.3 is 4.57 Å². The normalized spacial score (nSPS) is 9.76. The van der Waals surface area contributed by atoms with E-state index in [1.54, 1.807) is 23.3 Å². The Labute approximate surface area is 98.6 Å². The van der Waals surface area contributed by atoms with Crippen molar-refractivity contribution in [1.29, 1.82) is 0 Å². The van der Waals surface area contributed by atoms with Gasteiger partial charge in [0.05, 0.1) is 18.6 Å². The van der Waals surface area contributed by atoms with Crippen molar-refractivity contribution in [2.45, 2.75) is 19.9 Å². The molecule has 0 N–H and O–H groups in total. The fourth-order valence-electron chi connectivity index (χ4n) is 1.33. The van der Waals surface area contributed by atoms with E-state index in [4.69, 9.17) is 0 Å². The van der Waals surface area contributed by atoms with Crippen LogP contribution >= 0.6 is 0 Å². The first kappa shape index (κ1) is 11.3. The molecule has 0 aromatic carbocycles. The lowest BCUT2D eigenvalue weighted by Gasteiger charge is -1.98. The summed E-state index contributed by atoms with van der Waals surface area (Å²) in [7, 11) is 0. The number of hydrogen-bond donors (Lipinski definition) is 0. The molecule has 0 radical (unpaired) electrons. The van der Waals surface area contributed by atoms with Gasteiger partial charge in [-0.3, -0.25) is 0 Å². The molecule has 0 aliphatic carbocycles. The van der Waals surface area contributed by atoms with Gasteiger partial charge in [0, 0.05) is 12.4 Å². The van der Waals surface area contributed by atoms with Crippen molar-refractivity contribution in [1.82, 2.24) is 19.5 Å². The van der Waals surface area contributed by atoms with Crippen LogP contribution in [0.1, 0.15) is 18.3 Å². The summed E-state index contributed by atoms with van der Waals surface area (Å²) in [6.45, 7) is 2.30. The number of aryl methyl sites for hydroxylation is 1. The Kier molecular flexibility index (Phi) is 3.46. The minimum Gasteiger partial charge on any atom is -0.326 e. The Morgan fingerprint density at radius 2 is 2.29 bits per heavy atom. The predicted octanol–water partition coefficient (Wildman–Crippen LogP) is 1.43. The van der Waals surface area contributed by atoms with Crippen molar-refractivity contribution in [3.63, 3.8) is 0 Å². The number of rotatable bonds is 2. The smallest absolute Gasteiger partial charge is 0.178 e. The first-order chi connectivity index (χ1) is 8.31. The number of nitrogens with zero attached hydrogens (tertiary/aromatic N) is 4. The average Bonchev–Trinajstić information content (AvgIpc) is 2.84. The second-order valence-electron chi connectivity index (χ2n) is 3.37. The van der Waals surface area contributed by atoms with Crippen LogP contribution in [-0.2, 0) is 13.0 Å². The minimum atomic E-state index is -0.423. The van der Waals surface area contributed by atoms with Crippen LogP contribution in [0.15, 0.2) is 25.0 Å². The molecule has 2 aromatic heterocycles. The molecule has 86 valence electrons. The van der Waals surface area contributed by atoms with Crippen LogP contribution in [-0.4, -0.2) is 19.5 Å². The third kappa shape index (κ3) is 2.67. The van der Waals surface area contributed by atoms with E-state index in [-0.39, 0.29) is 5.69 Å². The molecule has 0 saturated carbocycles. The number of hydrogen-bond acceptors (Lipinski definition) is 3. The maximum atomic E-state index is 13.7. The predicted molar refractivity (Wildman–Crippen MR) is 60.5 cm³/mol. The Hall–Kier alpha value is -2.22. The van der Waals surface area contributed by atoms with Crippen molar-refractivity contribution < 1.29 is 4.39 Å². The highest BCUT2D eigenvalue weighted by Gasteiger charge is 2.06. The average molecular weight is 230 g/mol. The summed E-state index contributed by atoms with van der Waals surface area (Å²) in [5.74, 6) is 5.12. The van der Waals surface area contributed by atoms with Crippen molar-refractivity contribution in [2.75, 3.05) is 0 Å². The molecular formula is C12H11FN4. The van der Waals surface area contributed by atoms with Gasteiger partial charge in [0.2, 0.25) is 0 Å². The summed E-state index contributed by atoms with van der Waals surface area (Å²) in [6.07, 6.45) is 6.99. The summed E-state index contributed by atoms with van der Waals surface area (Å²) in [4.78, 5) is 11.6. The van der Waals surface area contributed by atoms with Gasteiger partial charge in [-0.05, 0) is 12.3 Å². The SMILES string of the molecule is CCc1ncnc(C#CCn2ccnc2)c1F. The fraction of sp³-hybridized carbons (Fsp3) is 0.250. The first-order valence-electron chi connectivity index (χ1n) is 5.25. The van der Waals surface area contributed by atoms with E-state index in [2.05, 4.69) is 26.8 Å². The monoisotopic (exact) mass is 230 g/mol. The Balaban J connectivity index is 2.16. The van der Waals surface area contributed by atoms with Crippen LogP contribution in [0.25, 0.3) is 0 Å². The molecule has 0 aliphatic heterocycles. The topological polar surface area (TPSA) is 43.6 Å². The Morgan fingerprint density at radius 1 is 1.41 bits per heavy atom. The van der Waals surface area contributed by atoms with Crippen molar-refractivity contribution in [3.8, 4) is 11.8 Å². The molecule has 0 amide bonds.